The molecule has 0 aromatic rings. The fourth-order valence-corrected chi connectivity index (χ4v) is 1.82. The number of nitrogens with two attached hydrogens (primary N) is 1. The van der Waals surface area contributed by atoms with Crippen LogP contribution in [0.15, 0.2) is 0 Å². The number of carboxylic acid groups (broad SMARTS) is 1. The molecule has 0 aliphatic heterocycles. The summed E-state index contributed by atoms with van der Waals surface area (Å²) < 4.78 is 0. The highest BCUT2D eigenvalue weighted by Crippen LogP contribution is 2.23. The molecule has 0 radical (unpaired) electrons. The first-order valence-corrected chi connectivity index (χ1v) is 4.83. The van der Waals surface area contributed by atoms with Crippen LogP contribution in [0.5, 0.6) is 0 Å². The molecule has 0 bridgehead atoms. The first-order chi connectivity index (χ1) is 6.03. The minimum Gasteiger partial charge on any atom is -0.480 e. The second kappa shape index (κ2) is 4.07. The van der Waals surface area contributed by atoms with Gasteiger partial charge in [-0.2, -0.15) is 0 Å². The van der Waals surface area contributed by atoms with Crippen molar-refractivity contribution in [2.75, 3.05) is 0 Å². The van der Waals surface area contributed by atoms with Gasteiger partial charge >= 0.3 is 5.97 Å². The molecular weight excluding hydrogens is 168 g/mol. The van der Waals surface area contributed by atoms with E-state index in [0.717, 1.165) is 25.7 Å². The number of rotatable bonds is 3. The van der Waals surface area contributed by atoms with E-state index in [1.165, 1.54) is 6.42 Å². The molecule has 1 atom stereocenters. The Morgan fingerprint density at radius 2 is 2.00 bits per heavy atom. The molecule has 13 heavy (non-hydrogen) atoms. The Kier molecular flexibility index (Phi) is 3.27. The van der Waals surface area contributed by atoms with Gasteiger partial charge in [0.25, 0.3) is 0 Å². The van der Waals surface area contributed by atoms with Crippen LogP contribution in [0.1, 0.15) is 39.0 Å². The summed E-state index contributed by atoms with van der Waals surface area (Å²) >= 11 is 0. The van der Waals surface area contributed by atoms with Gasteiger partial charge in [-0.3, -0.25) is 10.1 Å². The molecule has 4 N–H and O–H groups in total. The molecule has 0 saturated heterocycles. The Bertz CT molecular complexity index is 188. The van der Waals surface area contributed by atoms with Crippen molar-refractivity contribution in [2.24, 2.45) is 5.73 Å². The maximum Gasteiger partial charge on any atom is 0.320 e. The van der Waals surface area contributed by atoms with Crippen molar-refractivity contribution < 1.29 is 9.90 Å². The average molecular weight is 186 g/mol. The van der Waals surface area contributed by atoms with Gasteiger partial charge in [-0.1, -0.05) is 19.3 Å². The maximum atomic E-state index is 10.6. The number of hydrogen-bond acceptors (Lipinski definition) is 3. The van der Waals surface area contributed by atoms with Crippen LogP contribution >= 0.6 is 0 Å². The fraction of sp³-hybridized carbons (Fsp3) is 0.889. The van der Waals surface area contributed by atoms with Gasteiger partial charge in [0.05, 0.1) is 5.66 Å². The summed E-state index contributed by atoms with van der Waals surface area (Å²) in [7, 11) is 0. The highest BCUT2D eigenvalue weighted by Gasteiger charge is 2.30. The molecule has 4 nitrogen and oxygen atoms in total. The smallest absolute Gasteiger partial charge is 0.320 e. The summed E-state index contributed by atoms with van der Waals surface area (Å²) in [6.45, 7) is 1.63. The molecule has 0 amide bonds. The van der Waals surface area contributed by atoms with Crippen LogP contribution < -0.4 is 11.1 Å². The predicted octanol–water partition coefficient (Wildman–Crippen LogP) is 0.668. The zero-order chi connectivity index (χ0) is 9.90. The summed E-state index contributed by atoms with van der Waals surface area (Å²) in [6.07, 6.45) is 5.16. The van der Waals surface area contributed by atoms with Crippen molar-refractivity contribution in [3.63, 3.8) is 0 Å². The molecule has 0 aromatic carbocycles. The van der Waals surface area contributed by atoms with E-state index in [9.17, 15) is 4.79 Å². The molecule has 0 heterocycles. The highest BCUT2D eigenvalue weighted by molar-refractivity contribution is 5.72. The molecule has 1 saturated carbocycles. The van der Waals surface area contributed by atoms with Gasteiger partial charge in [0, 0.05) is 0 Å². The third kappa shape index (κ3) is 2.97. The summed E-state index contributed by atoms with van der Waals surface area (Å²) in [5.74, 6) is -0.838. The van der Waals surface area contributed by atoms with Gasteiger partial charge in [0.15, 0.2) is 0 Å². The normalized spacial score (nSPS) is 23.8. The van der Waals surface area contributed by atoms with E-state index >= 15 is 0 Å². The number of carboxylic acids is 1. The zero-order valence-corrected chi connectivity index (χ0v) is 8.05. The van der Waals surface area contributed by atoms with E-state index in [-0.39, 0.29) is 0 Å². The lowest BCUT2D eigenvalue weighted by molar-refractivity contribution is -0.139. The van der Waals surface area contributed by atoms with Crippen LogP contribution in [-0.2, 0) is 4.79 Å². The SMILES string of the molecule is C[C@H](NC1(N)CCCCC1)C(=O)O. The van der Waals surface area contributed by atoms with Crippen molar-refractivity contribution in [1.29, 1.82) is 0 Å². The van der Waals surface area contributed by atoms with Crippen molar-refractivity contribution in [3.8, 4) is 0 Å². The molecule has 76 valence electrons. The Morgan fingerprint density at radius 3 is 2.46 bits per heavy atom. The van der Waals surface area contributed by atoms with Crippen molar-refractivity contribution in [2.45, 2.75) is 50.7 Å². The van der Waals surface area contributed by atoms with Gasteiger partial charge in [0.1, 0.15) is 6.04 Å². The molecule has 1 aliphatic rings. The van der Waals surface area contributed by atoms with E-state index < -0.39 is 17.7 Å². The molecule has 0 unspecified atom stereocenters. The van der Waals surface area contributed by atoms with E-state index in [0.29, 0.717) is 0 Å². The standard InChI is InChI=1S/C9H18N2O2/c1-7(8(12)13)11-9(10)5-3-2-4-6-9/h7,11H,2-6,10H2,1H3,(H,12,13)/t7-/m0/s1. The van der Waals surface area contributed by atoms with Crippen LogP contribution in [0.25, 0.3) is 0 Å². The molecule has 1 fully saturated rings. The van der Waals surface area contributed by atoms with Crippen LogP contribution in [-0.4, -0.2) is 22.8 Å². The van der Waals surface area contributed by atoms with E-state index in [1.807, 2.05) is 0 Å². The predicted molar refractivity (Wildman–Crippen MR) is 50.2 cm³/mol. The van der Waals surface area contributed by atoms with Crippen molar-refractivity contribution in [3.05, 3.63) is 0 Å². The van der Waals surface area contributed by atoms with Gasteiger partial charge < -0.3 is 10.8 Å². The van der Waals surface area contributed by atoms with Gasteiger partial charge in [0.2, 0.25) is 0 Å². The minimum atomic E-state index is -0.838. The number of carbonyl (C=O) groups is 1. The second-order valence-electron chi connectivity index (χ2n) is 3.92. The highest BCUT2D eigenvalue weighted by atomic mass is 16.4. The van der Waals surface area contributed by atoms with Crippen LogP contribution in [0.4, 0.5) is 0 Å². The molecule has 1 rings (SSSR count). The Morgan fingerprint density at radius 1 is 1.46 bits per heavy atom. The lowest BCUT2D eigenvalue weighted by Gasteiger charge is -2.35. The number of nitrogens with one attached hydrogen (secondary N) is 1. The first kappa shape index (κ1) is 10.5. The Hall–Kier alpha value is -0.610. The first-order valence-electron chi connectivity index (χ1n) is 4.83. The largest absolute Gasteiger partial charge is 0.480 e. The van der Waals surface area contributed by atoms with E-state index in [1.54, 1.807) is 6.92 Å². The van der Waals surface area contributed by atoms with Gasteiger partial charge in [-0.15, -0.1) is 0 Å². The molecule has 0 aromatic heterocycles. The lowest BCUT2D eigenvalue weighted by atomic mass is 9.89. The average Bonchev–Trinajstić information content (AvgIpc) is 2.04. The summed E-state index contributed by atoms with van der Waals surface area (Å²) in [5, 5.41) is 11.7. The maximum absolute atomic E-state index is 10.6. The van der Waals surface area contributed by atoms with Crippen molar-refractivity contribution >= 4 is 5.97 Å². The molecule has 4 heteroatoms. The van der Waals surface area contributed by atoms with Crippen LogP contribution in [0.3, 0.4) is 0 Å². The number of hydrogen-bond donors (Lipinski definition) is 3. The van der Waals surface area contributed by atoms with Crippen LogP contribution in [0, 0.1) is 0 Å². The minimum absolute atomic E-state index is 0.448. The fourth-order valence-electron chi connectivity index (χ4n) is 1.82. The second-order valence-corrected chi connectivity index (χ2v) is 3.92. The third-order valence-electron chi connectivity index (χ3n) is 2.62. The van der Waals surface area contributed by atoms with E-state index in [2.05, 4.69) is 5.32 Å². The third-order valence-corrected chi connectivity index (χ3v) is 2.62. The summed E-state index contributed by atoms with van der Waals surface area (Å²) in [4.78, 5) is 10.6. The quantitative estimate of drug-likeness (QED) is 0.566. The molecule has 1 aliphatic carbocycles. The Labute approximate surface area is 78.5 Å². The molecular formula is C9H18N2O2. The monoisotopic (exact) mass is 186 g/mol. The van der Waals surface area contributed by atoms with Crippen molar-refractivity contribution in [1.82, 2.24) is 5.32 Å². The molecule has 0 spiro atoms. The summed E-state index contributed by atoms with van der Waals surface area (Å²) in [5.41, 5.74) is 5.57. The topological polar surface area (TPSA) is 75.3 Å². The summed E-state index contributed by atoms with van der Waals surface area (Å²) in [6, 6.07) is -0.553. The lowest BCUT2D eigenvalue weighted by Crippen LogP contribution is -2.59. The number of aliphatic carboxylic acids is 1. The van der Waals surface area contributed by atoms with Gasteiger partial charge in [-0.25, -0.2) is 0 Å². The van der Waals surface area contributed by atoms with E-state index in [4.69, 9.17) is 10.8 Å². The van der Waals surface area contributed by atoms with Crippen LogP contribution in [0.2, 0.25) is 0 Å². The zero-order valence-electron chi connectivity index (χ0n) is 8.05. The Balaban J connectivity index is 2.45. The van der Waals surface area contributed by atoms with Gasteiger partial charge in [-0.05, 0) is 19.8 Å².